The van der Waals surface area contributed by atoms with E-state index in [-0.39, 0.29) is 0 Å². The number of hydrogen-bond donors (Lipinski definition) is 0. The van der Waals surface area contributed by atoms with E-state index < -0.39 is 0 Å². The van der Waals surface area contributed by atoms with Crippen molar-refractivity contribution in [2.24, 2.45) is 0 Å². The van der Waals surface area contributed by atoms with E-state index in [0.717, 1.165) is 11.9 Å². The fraction of sp³-hybridized carbons (Fsp3) is 0.190. The Kier molecular flexibility index (Phi) is 3.24. The van der Waals surface area contributed by atoms with Gasteiger partial charge in [-0.2, -0.15) is 0 Å². The number of thiophene rings is 1. The minimum Gasteiger partial charge on any atom is -0.247 e. The molecule has 0 atom stereocenters. The first kappa shape index (κ1) is 14.2. The van der Waals surface area contributed by atoms with Crippen molar-refractivity contribution < 1.29 is 0 Å². The van der Waals surface area contributed by atoms with Crippen molar-refractivity contribution in [3.8, 4) is 11.3 Å². The predicted octanol–water partition coefficient (Wildman–Crippen LogP) is 4.25. The van der Waals surface area contributed by atoms with Crippen molar-refractivity contribution in [1.29, 1.82) is 0 Å². The first-order valence-corrected chi connectivity index (χ1v) is 9.58. The molecule has 0 bridgehead atoms. The topological polar surface area (TPSA) is 12.9 Å². The highest BCUT2D eigenvalue weighted by Gasteiger charge is 2.20. The lowest BCUT2D eigenvalue weighted by Gasteiger charge is -2.22. The zero-order chi connectivity index (χ0) is 16.1. The average Bonchev–Trinajstić information content (AvgIpc) is 3.10. The van der Waals surface area contributed by atoms with Gasteiger partial charge in [-0.15, -0.1) is 11.3 Å². The molecular weight excluding hydrogens is 309 g/mol. The van der Waals surface area contributed by atoms with Gasteiger partial charge in [0.15, 0.2) is 0 Å². The SMILES string of the molecule is Bc1ccc(-c2nc3ccc4sccc4c3c3c2CCCC3)cc1. The molecule has 2 heterocycles. The van der Waals surface area contributed by atoms with E-state index in [1.165, 1.54) is 57.0 Å². The molecule has 0 radical (unpaired) electrons. The number of hydrogen-bond acceptors (Lipinski definition) is 2. The van der Waals surface area contributed by atoms with Crippen LogP contribution in [0.15, 0.2) is 47.8 Å². The van der Waals surface area contributed by atoms with Gasteiger partial charge in [-0.05, 0) is 60.4 Å². The maximum atomic E-state index is 5.12. The molecule has 0 aliphatic heterocycles. The third kappa shape index (κ3) is 2.11. The largest absolute Gasteiger partial charge is 0.247 e. The number of pyridine rings is 1. The first-order chi connectivity index (χ1) is 11.8. The van der Waals surface area contributed by atoms with Crippen LogP contribution in [0.1, 0.15) is 24.0 Å². The van der Waals surface area contributed by atoms with Gasteiger partial charge in [0.05, 0.1) is 11.2 Å². The molecule has 5 rings (SSSR count). The molecule has 4 aromatic rings. The predicted molar refractivity (Wildman–Crippen MR) is 107 cm³/mol. The second kappa shape index (κ2) is 5.46. The van der Waals surface area contributed by atoms with Gasteiger partial charge in [-0.25, -0.2) is 4.98 Å². The third-order valence-electron chi connectivity index (χ3n) is 5.23. The fourth-order valence-corrected chi connectivity index (χ4v) is 4.82. The van der Waals surface area contributed by atoms with Crippen LogP contribution in [-0.2, 0) is 12.8 Å². The maximum Gasteiger partial charge on any atom is 0.139 e. The normalized spacial score (nSPS) is 14.2. The Balaban J connectivity index is 1.88. The van der Waals surface area contributed by atoms with E-state index >= 15 is 0 Å². The molecule has 24 heavy (non-hydrogen) atoms. The molecule has 0 fully saturated rings. The quantitative estimate of drug-likeness (QED) is 0.476. The van der Waals surface area contributed by atoms with E-state index in [0.29, 0.717) is 0 Å². The summed E-state index contributed by atoms with van der Waals surface area (Å²) in [5.41, 5.74) is 7.94. The van der Waals surface area contributed by atoms with Crippen LogP contribution in [0.4, 0.5) is 0 Å². The fourth-order valence-electron chi connectivity index (χ4n) is 4.02. The summed E-state index contributed by atoms with van der Waals surface area (Å²) in [4.78, 5) is 5.12. The van der Waals surface area contributed by atoms with Crippen LogP contribution in [0.25, 0.3) is 32.2 Å². The van der Waals surface area contributed by atoms with Gasteiger partial charge in [0.25, 0.3) is 0 Å². The van der Waals surface area contributed by atoms with E-state index in [9.17, 15) is 0 Å². The number of rotatable bonds is 1. The number of fused-ring (bicyclic) bond motifs is 5. The Hall–Kier alpha value is -2.13. The Labute approximate surface area is 146 Å². The van der Waals surface area contributed by atoms with Gasteiger partial charge in [-0.1, -0.05) is 29.7 Å². The molecule has 0 spiro atoms. The molecule has 1 nitrogen and oxygen atoms in total. The third-order valence-corrected chi connectivity index (χ3v) is 6.11. The zero-order valence-electron chi connectivity index (χ0n) is 13.8. The monoisotopic (exact) mass is 327 g/mol. The molecular formula is C21H18BNS. The lowest BCUT2D eigenvalue weighted by atomic mass is 9.85. The molecule has 1 aliphatic carbocycles. The number of nitrogens with zero attached hydrogens (tertiary/aromatic N) is 1. The Bertz CT molecular complexity index is 1060. The molecule has 1 aliphatic rings. The molecule has 3 heteroatoms. The molecule has 116 valence electrons. The standard InChI is InChI=1S/C21H18BNS/c22-14-7-5-13(6-8-14)21-16-4-2-1-3-15(16)20-17-11-12-24-19(17)10-9-18(20)23-21/h5-12H,1-4,22H2. The van der Waals surface area contributed by atoms with Crippen molar-refractivity contribution in [1.82, 2.24) is 4.98 Å². The van der Waals surface area contributed by atoms with Gasteiger partial charge in [-0.3, -0.25) is 0 Å². The molecule has 0 amide bonds. The highest BCUT2D eigenvalue weighted by Crippen LogP contribution is 2.39. The van der Waals surface area contributed by atoms with E-state index in [4.69, 9.17) is 4.98 Å². The van der Waals surface area contributed by atoms with Crippen LogP contribution in [0, 0.1) is 0 Å². The summed E-state index contributed by atoms with van der Waals surface area (Å²) in [6.45, 7) is 0. The molecule has 0 saturated carbocycles. The lowest BCUT2D eigenvalue weighted by molar-refractivity contribution is 0.689. The smallest absolute Gasteiger partial charge is 0.139 e. The number of aromatic nitrogens is 1. The van der Waals surface area contributed by atoms with Gasteiger partial charge in [0, 0.05) is 21.0 Å². The summed E-state index contributed by atoms with van der Waals surface area (Å²) in [5, 5.41) is 4.99. The number of benzene rings is 2. The van der Waals surface area contributed by atoms with E-state index in [2.05, 4.69) is 55.7 Å². The second-order valence-electron chi connectivity index (χ2n) is 6.78. The highest BCUT2D eigenvalue weighted by atomic mass is 32.1. The van der Waals surface area contributed by atoms with Crippen LogP contribution < -0.4 is 5.46 Å². The summed E-state index contributed by atoms with van der Waals surface area (Å²) in [6, 6.07) is 15.5. The summed E-state index contributed by atoms with van der Waals surface area (Å²) in [7, 11) is 2.14. The van der Waals surface area contributed by atoms with Crippen LogP contribution >= 0.6 is 11.3 Å². The first-order valence-electron chi connectivity index (χ1n) is 8.70. The Morgan fingerprint density at radius 3 is 2.50 bits per heavy atom. The highest BCUT2D eigenvalue weighted by molar-refractivity contribution is 7.17. The van der Waals surface area contributed by atoms with Crippen molar-refractivity contribution in [2.45, 2.75) is 25.7 Å². The maximum absolute atomic E-state index is 5.12. The summed E-state index contributed by atoms with van der Waals surface area (Å²) in [6.07, 6.45) is 4.91. The van der Waals surface area contributed by atoms with Crippen LogP contribution in [0.5, 0.6) is 0 Å². The van der Waals surface area contributed by atoms with Crippen LogP contribution in [0.2, 0.25) is 0 Å². The summed E-state index contributed by atoms with van der Waals surface area (Å²) in [5.74, 6) is 0. The number of aryl methyl sites for hydroxylation is 1. The van der Waals surface area contributed by atoms with Gasteiger partial charge >= 0.3 is 0 Å². The molecule has 0 N–H and O–H groups in total. The molecule has 0 saturated heterocycles. The average molecular weight is 327 g/mol. The second-order valence-corrected chi connectivity index (χ2v) is 7.73. The summed E-state index contributed by atoms with van der Waals surface area (Å²) < 4.78 is 1.38. The van der Waals surface area contributed by atoms with E-state index in [1.54, 1.807) is 5.56 Å². The van der Waals surface area contributed by atoms with Crippen molar-refractivity contribution in [3.05, 3.63) is 59.0 Å². The van der Waals surface area contributed by atoms with Crippen molar-refractivity contribution in [2.75, 3.05) is 0 Å². The van der Waals surface area contributed by atoms with E-state index in [1.807, 2.05) is 11.3 Å². The van der Waals surface area contributed by atoms with Gasteiger partial charge in [0.2, 0.25) is 0 Å². The molecule has 0 unspecified atom stereocenters. The van der Waals surface area contributed by atoms with Crippen LogP contribution in [-0.4, -0.2) is 12.8 Å². The minimum absolute atomic E-state index is 1.15. The molecule has 2 aromatic carbocycles. The van der Waals surface area contributed by atoms with Crippen molar-refractivity contribution in [3.63, 3.8) is 0 Å². The zero-order valence-corrected chi connectivity index (χ0v) is 14.6. The Morgan fingerprint density at radius 2 is 1.67 bits per heavy atom. The minimum atomic E-state index is 1.15. The molecule has 2 aromatic heterocycles. The lowest BCUT2D eigenvalue weighted by Crippen LogP contribution is -2.08. The van der Waals surface area contributed by atoms with Gasteiger partial charge < -0.3 is 0 Å². The van der Waals surface area contributed by atoms with Crippen molar-refractivity contribution >= 4 is 45.6 Å². The Morgan fingerprint density at radius 1 is 0.875 bits per heavy atom. The summed E-state index contributed by atoms with van der Waals surface area (Å²) >= 11 is 1.83. The van der Waals surface area contributed by atoms with Crippen LogP contribution in [0.3, 0.4) is 0 Å². The van der Waals surface area contributed by atoms with Gasteiger partial charge in [0.1, 0.15) is 7.85 Å².